The van der Waals surface area contributed by atoms with Gasteiger partial charge in [0.05, 0.1) is 31.1 Å². The average Bonchev–Trinajstić information content (AvgIpc) is 2.89. The third-order valence-corrected chi connectivity index (χ3v) is 8.44. The van der Waals surface area contributed by atoms with E-state index in [1.807, 2.05) is 12.1 Å². The van der Waals surface area contributed by atoms with E-state index in [1.54, 1.807) is 43.3 Å². The molecule has 2 aromatic carbocycles. The molecule has 0 radical (unpaired) electrons. The predicted octanol–water partition coefficient (Wildman–Crippen LogP) is 2.59. The summed E-state index contributed by atoms with van der Waals surface area (Å²) in [6.07, 6.45) is 1.34. The van der Waals surface area contributed by atoms with Gasteiger partial charge in [0.25, 0.3) is 0 Å². The Morgan fingerprint density at radius 1 is 1.09 bits per heavy atom. The second-order valence-electron chi connectivity index (χ2n) is 8.80. The van der Waals surface area contributed by atoms with Gasteiger partial charge in [0, 0.05) is 45.5 Å². The largest absolute Gasteiger partial charge is 0.497 e. The number of rotatable bonds is 7. The molecular weight excluding hydrogens is 454 g/mol. The lowest BCUT2D eigenvalue weighted by Gasteiger charge is -2.34. The number of anilines is 1. The Hall–Kier alpha value is -2.62. The maximum atomic E-state index is 13.3. The van der Waals surface area contributed by atoms with E-state index in [9.17, 15) is 13.2 Å². The fraction of sp³-hybridized carbons (Fsp3) is 0.480. The summed E-state index contributed by atoms with van der Waals surface area (Å²) in [5.74, 6) is 0.221. The molecule has 34 heavy (non-hydrogen) atoms. The monoisotopic (exact) mass is 487 g/mol. The number of hydrogen-bond donors (Lipinski definition) is 0. The zero-order valence-electron chi connectivity index (χ0n) is 19.9. The summed E-state index contributed by atoms with van der Waals surface area (Å²) in [4.78, 5) is 17.6. The topological polar surface area (TPSA) is 79.4 Å². The molecule has 1 amide bonds. The highest BCUT2D eigenvalue weighted by Crippen LogP contribution is 2.28. The molecule has 0 aliphatic carbocycles. The van der Waals surface area contributed by atoms with Crippen LogP contribution in [-0.4, -0.2) is 77.1 Å². The van der Waals surface area contributed by atoms with Crippen LogP contribution in [0, 0.1) is 5.92 Å². The van der Waals surface area contributed by atoms with Crippen molar-refractivity contribution < 1.29 is 22.7 Å². The fourth-order valence-electron chi connectivity index (χ4n) is 4.66. The third-order valence-electron chi connectivity index (χ3n) is 6.56. The first-order valence-electron chi connectivity index (χ1n) is 11.7. The number of methoxy groups -OCH3 is 1. The van der Waals surface area contributed by atoms with Gasteiger partial charge in [-0.1, -0.05) is 18.2 Å². The Labute approximate surface area is 202 Å². The van der Waals surface area contributed by atoms with E-state index in [-0.39, 0.29) is 23.3 Å². The van der Waals surface area contributed by atoms with Crippen molar-refractivity contribution in [1.82, 2.24) is 9.21 Å². The van der Waals surface area contributed by atoms with Crippen LogP contribution in [0.1, 0.15) is 18.4 Å². The number of sulfonamides is 1. The summed E-state index contributed by atoms with van der Waals surface area (Å²) in [5, 5.41) is 0. The van der Waals surface area contributed by atoms with Gasteiger partial charge >= 0.3 is 0 Å². The molecule has 2 saturated heterocycles. The summed E-state index contributed by atoms with van der Waals surface area (Å²) < 4.78 is 38.4. The minimum absolute atomic E-state index is 0.0218. The van der Waals surface area contributed by atoms with E-state index in [2.05, 4.69) is 17.0 Å². The number of carbonyl (C=O) groups is 1. The number of piperidine rings is 1. The van der Waals surface area contributed by atoms with Gasteiger partial charge in [-0.2, -0.15) is 4.31 Å². The van der Waals surface area contributed by atoms with Gasteiger partial charge in [0.2, 0.25) is 15.9 Å². The summed E-state index contributed by atoms with van der Waals surface area (Å²) in [6.45, 7) is 4.15. The van der Waals surface area contributed by atoms with E-state index < -0.39 is 10.0 Å². The van der Waals surface area contributed by atoms with Crippen molar-refractivity contribution in [2.24, 2.45) is 5.92 Å². The molecule has 9 heteroatoms. The summed E-state index contributed by atoms with van der Waals surface area (Å²) in [5.41, 5.74) is 2.21. The number of para-hydroxylation sites is 1. The van der Waals surface area contributed by atoms with Gasteiger partial charge in [-0.3, -0.25) is 4.79 Å². The highest BCUT2D eigenvalue weighted by atomic mass is 32.2. The summed E-state index contributed by atoms with van der Waals surface area (Å²) >= 11 is 0. The molecule has 2 aliphatic rings. The van der Waals surface area contributed by atoms with Crippen LogP contribution in [-0.2, 0) is 26.1 Å². The molecule has 2 heterocycles. The standard InChI is InChI=1S/C25H33N3O5S/c1-26(18-20-6-3-4-8-24(20)27-14-16-33-17-15-27)25(29)21-7-5-13-28(19-21)34(30,31)23-11-9-22(32-2)10-12-23/h3-4,6,8-12,21H,5,7,13-19H2,1-2H3/t21-/m0/s1. The Bertz CT molecular complexity index is 1080. The lowest BCUT2D eigenvalue weighted by Crippen LogP contribution is -2.45. The van der Waals surface area contributed by atoms with Gasteiger partial charge in [-0.15, -0.1) is 0 Å². The molecule has 0 aromatic heterocycles. The van der Waals surface area contributed by atoms with Gasteiger partial charge in [0.1, 0.15) is 5.75 Å². The van der Waals surface area contributed by atoms with Gasteiger partial charge < -0.3 is 19.3 Å². The summed E-state index contributed by atoms with van der Waals surface area (Å²) in [6, 6.07) is 14.5. The molecule has 2 aliphatic heterocycles. The molecule has 2 aromatic rings. The van der Waals surface area contributed by atoms with E-state index in [1.165, 1.54) is 4.31 Å². The fourth-order valence-corrected chi connectivity index (χ4v) is 6.19. The summed E-state index contributed by atoms with van der Waals surface area (Å²) in [7, 11) is -0.328. The van der Waals surface area contributed by atoms with Crippen LogP contribution < -0.4 is 9.64 Å². The van der Waals surface area contributed by atoms with E-state index >= 15 is 0 Å². The van der Waals surface area contributed by atoms with Crippen LogP contribution in [0.5, 0.6) is 5.75 Å². The second-order valence-corrected chi connectivity index (χ2v) is 10.7. The third kappa shape index (κ3) is 5.37. The highest BCUT2D eigenvalue weighted by molar-refractivity contribution is 7.89. The SMILES string of the molecule is COc1ccc(S(=O)(=O)N2CCC[C@H](C(=O)N(C)Cc3ccccc3N3CCOCC3)C2)cc1. The molecule has 2 fully saturated rings. The number of morpholine rings is 1. The number of hydrogen-bond acceptors (Lipinski definition) is 6. The van der Waals surface area contributed by atoms with Crippen LogP contribution in [0.15, 0.2) is 53.4 Å². The maximum absolute atomic E-state index is 13.3. The van der Waals surface area contributed by atoms with Crippen molar-refractivity contribution in [1.29, 1.82) is 0 Å². The van der Waals surface area contributed by atoms with Crippen LogP contribution in [0.25, 0.3) is 0 Å². The molecule has 0 N–H and O–H groups in total. The molecule has 4 rings (SSSR count). The second kappa shape index (κ2) is 10.8. The minimum Gasteiger partial charge on any atom is -0.497 e. The number of benzene rings is 2. The number of amides is 1. The molecular formula is C25H33N3O5S. The van der Waals surface area contributed by atoms with E-state index in [0.717, 1.165) is 24.3 Å². The normalized spacial score (nSPS) is 19.6. The van der Waals surface area contributed by atoms with E-state index in [0.29, 0.717) is 44.9 Å². The zero-order chi connectivity index (χ0) is 24.1. The van der Waals surface area contributed by atoms with Crippen molar-refractivity contribution in [3.05, 3.63) is 54.1 Å². The molecule has 0 saturated carbocycles. The van der Waals surface area contributed by atoms with Crippen LogP contribution >= 0.6 is 0 Å². The van der Waals surface area contributed by atoms with E-state index in [4.69, 9.17) is 9.47 Å². The van der Waals surface area contributed by atoms with Crippen molar-refractivity contribution in [2.75, 3.05) is 58.5 Å². The van der Waals surface area contributed by atoms with Crippen molar-refractivity contribution in [3.8, 4) is 5.75 Å². The van der Waals surface area contributed by atoms with Crippen molar-refractivity contribution in [2.45, 2.75) is 24.3 Å². The number of ether oxygens (including phenoxy) is 2. The van der Waals surface area contributed by atoms with Crippen LogP contribution in [0.3, 0.4) is 0 Å². The first kappa shape index (κ1) is 24.5. The van der Waals surface area contributed by atoms with Gasteiger partial charge in [-0.05, 0) is 48.7 Å². The Morgan fingerprint density at radius 3 is 2.50 bits per heavy atom. The zero-order valence-corrected chi connectivity index (χ0v) is 20.7. The van der Waals surface area contributed by atoms with Crippen LogP contribution in [0.4, 0.5) is 5.69 Å². The number of nitrogens with zero attached hydrogens (tertiary/aromatic N) is 3. The molecule has 8 nitrogen and oxygen atoms in total. The lowest BCUT2D eigenvalue weighted by atomic mass is 9.98. The maximum Gasteiger partial charge on any atom is 0.243 e. The smallest absolute Gasteiger partial charge is 0.243 e. The molecule has 0 bridgehead atoms. The van der Waals surface area contributed by atoms with Crippen LogP contribution in [0.2, 0.25) is 0 Å². The Balaban J connectivity index is 1.44. The quantitative estimate of drug-likeness (QED) is 0.597. The van der Waals surface area contributed by atoms with Crippen molar-refractivity contribution >= 4 is 21.6 Å². The molecule has 0 unspecified atom stereocenters. The Kier molecular flexibility index (Phi) is 7.75. The minimum atomic E-state index is -3.67. The Morgan fingerprint density at radius 2 is 1.79 bits per heavy atom. The molecule has 0 spiro atoms. The first-order valence-corrected chi connectivity index (χ1v) is 13.1. The van der Waals surface area contributed by atoms with Gasteiger partial charge in [-0.25, -0.2) is 8.42 Å². The lowest BCUT2D eigenvalue weighted by molar-refractivity contribution is -0.135. The number of carbonyl (C=O) groups excluding carboxylic acids is 1. The first-order chi connectivity index (χ1) is 16.4. The highest BCUT2D eigenvalue weighted by Gasteiger charge is 2.34. The average molecular weight is 488 g/mol. The predicted molar refractivity (Wildman–Crippen MR) is 130 cm³/mol. The van der Waals surface area contributed by atoms with Gasteiger partial charge in [0.15, 0.2) is 0 Å². The molecule has 184 valence electrons. The molecule has 1 atom stereocenters. The van der Waals surface area contributed by atoms with Crippen molar-refractivity contribution in [3.63, 3.8) is 0 Å².